The highest BCUT2D eigenvalue weighted by atomic mass is 16.5. The Balaban J connectivity index is 1.90. The van der Waals surface area contributed by atoms with Gasteiger partial charge < -0.3 is 19.3 Å². The van der Waals surface area contributed by atoms with E-state index in [2.05, 4.69) is 25.9 Å². The van der Waals surface area contributed by atoms with Crippen molar-refractivity contribution < 1.29 is 14.3 Å². The van der Waals surface area contributed by atoms with Gasteiger partial charge in [0.05, 0.1) is 13.7 Å². The lowest BCUT2D eigenvalue weighted by molar-refractivity contribution is -0.142. The Bertz CT molecular complexity index is 547. The standard InChI is InChI=1S/C19H30N2O3/c1-6-16-11-21(12-18(16)20(3)4)19(22)14(2)24-13-15-8-7-9-17(10-15)23-5/h7-10,14,16,18H,6,11-13H2,1-5H3/t14-,16-,18+/m1/s1. The molecule has 0 bridgehead atoms. The molecule has 1 heterocycles. The maximum absolute atomic E-state index is 12.7. The van der Waals surface area contributed by atoms with Crippen LogP contribution >= 0.6 is 0 Å². The van der Waals surface area contributed by atoms with E-state index in [4.69, 9.17) is 9.47 Å². The highest BCUT2D eigenvalue weighted by Gasteiger charge is 2.36. The van der Waals surface area contributed by atoms with Gasteiger partial charge >= 0.3 is 0 Å². The van der Waals surface area contributed by atoms with E-state index in [-0.39, 0.29) is 5.91 Å². The zero-order valence-electron chi connectivity index (χ0n) is 15.5. The number of ether oxygens (including phenoxy) is 2. The van der Waals surface area contributed by atoms with Gasteiger partial charge in [0.15, 0.2) is 0 Å². The van der Waals surface area contributed by atoms with Crippen LogP contribution in [0.1, 0.15) is 25.8 Å². The zero-order valence-corrected chi connectivity index (χ0v) is 15.5. The van der Waals surface area contributed by atoms with E-state index in [1.165, 1.54) is 0 Å². The van der Waals surface area contributed by atoms with Crippen LogP contribution in [-0.2, 0) is 16.1 Å². The molecular weight excluding hydrogens is 304 g/mol. The minimum atomic E-state index is -0.436. The summed E-state index contributed by atoms with van der Waals surface area (Å²) in [6.07, 6.45) is 0.653. The molecule has 24 heavy (non-hydrogen) atoms. The quantitative estimate of drug-likeness (QED) is 0.768. The van der Waals surface area contributed by atoms with Crippen LogP contribution in [0, 0.1) is 5.92 Å². The summed E-state index contributed by atoms with van der Waals surface area (Å²) < 4.78 is 11.0. The predicted molar refractivity (Wildman–Crippen MR) is 95.1 cm³/mol. The van der Waals surface area contributed by atoms with Crippen LogP contribution in [0.15, 0.2) is 24.3 Å². The molecular formula is C19H30N2O3. The Morgan fingerprint density at radius 1 is 1.38 bits per heavy atom. The van der Waals surface area contributed by atoms with Crippen molar-refractivity contribution in [1.82, 2.24) is 9.80 Å². The second-order valence-electron chi connectivity index (χ2n) is 6.75. The van der Waals surface area contributed by atoms with Crippen LogP contribution in [0.3, 0.4) is 0 Å². The number of hydrogen-bond acceptors (Lipinski definition) is 4. The van der Waals surface area contributed by atoms with Crippen molar-refractivity contribution in [1.29, 1.82) is 0 Å². The van der Waals surface area contributed by atoms with E-state index in [9.17, 15) is 4.79 Å². The highest BCUT2D eigenvalue weighted by molar-refractivity contribution is 5.81. The lowest BCUT2D eigenvalue weighted by Crippen LogP contribution is -2.40. The number of rotatable bonds is 7. The number of carbonyl (C=O) groups is 1. The van der Waals surface area contributed by atoms with Gasteiger partial charge in [0.1, 0.15) is 11.9 Å². The monoisotopic (exact) mass is 334 g/mol. The maximum Gasteiger partial charge on any atom is 0.251 e. The van der Waals surface area contributed by atoms with E-state index >= 15 is 0 Å². The molecule has 1 saturated heterocycles. The van der Waals surface area contributed by atoms with E-state index in [1.807, 2.05) is 36.1 Å². The highest BCUT2D eigenvalue weighted by Crippen LogP contribution is 2.24. The first-order valence-electron chi connectivity index (χ1n) is 8.66. The second kappa shape index (κ2) is 8.49. The largest absolute Gasteiger partial charge is 0.497 e. The Hall–Kier alpha value is -1.59. The third-order valence-electron chi connectivity index (χ3n) is 4.89. The number of benzene rings is 1. The van der Waals surface area contributed by atoms with E-state index < -0.39 is 6.10 Å². The summed E-state index contributed by atoms with van der Waals surface area (Å²) in [5.74, 6) is 1.42. The fraction of sp³-hybridized carbons (Fsp3) is 0.632. The third kappa shape index (κ3) is 4.48. The van der Waals surface area contributed by atoms with Gasteiger partial charge in [-0.3, -0.25) is 4.79 Å². The molecule has 0 radical (unpaired) electrons. The van der Waals surface area contributed by atoms with Crippen LogP contribution in [0.4, 0.5) is 0 Å². The van der Waals surface area contributed by atoms with Gasteiger partial charge in [-0.1, -0.05) is 25.5 Å². The molecule has 2 rings (SSSR count). The minimum absolute atomic E-state index is 0.0840. The van der Waals surface area contributed by atoms with Crippen molar-refractivity contribution in [3.05, 3.63) is 29.8 Å². The Kier molecular flexibility index (Phi) is 6.63. The van der Waals surface area contributed by atoms with Gasteiger partial charge in [0.2, 0.25) is 0 Å². The summed E-state index contributed by atoms with van der Waals surface area (Å²) in [4.78, 5) is 16.9. The number of hydrogen-bond donors (Lipinski definition) is 0. The molecule has 1 fully saturated rings. The maximum atomic E-state index is 12.7. The smallest absolute Gasteiger partial charge is 0.251 e. The van der Waals surface area contributed by atoms with Gasteiger partial charge in [0.25, 0.3) is 5.91 Å². The van der Waals surface area contributed by atoms with Crippen molar-refractivity contribution in [2.24, 2.45) is 5.92 Å². The van der Waals surface area contributed by atoms with Gasteiger partial charge in [-0.2, -0.15) is 0 Å². The van der Waals surface area contributed by atoms with Crippen LogP contribution in [0.25, 0.3) is 0 Å². The van der Waals surface area contributed by atoms with Crippen LogP contribution < -0.4 is 4.74 Å². The third-order valence-corrected chi connectivity index (χ3v) is 4.89. The number of nitrogens with zero attached hydrogens (tertiary/aromatic N) is 2. The molecule has 0 spiro atoms. The number of methoxy groups -OCH3 is 1. The number of amides is 1. The van der Waals surface area contributed by atoms with Gasteiger partial charge in [0, 0.05) is 19.1 Å². The molecule has 1 aromatic carbocycles. The van der Waals surface area contributed by atoms with Crippen molar-refractivity contribution in [2.45, 2.75) is 39.0 Å². The molecule has 0 saturated carbocycles. The first-order chi connectivity index (χ1) is 11.5. The van der Waals surface area contributed by atoms with Crippen molar-refractivity contribution in [3.8, 4) is 5.75 Å². The summed E-state index contributed by atoms with van der Waals surface area (Å²) in [7, 11) is 5.82. The molecule has 0 aromatic heterocycles. The fourth-order valence-corrected chi connectivity index (χ4v) is 3.33. The molecule has 1 aliphatic rings. The molecule has 134 valence electrons. The first-order valence-corrected chi connectivity index (χ1v) is 8.66. The van der Waals surface area contributed by atoms with Gasteiger partial charge in [-0.05, 0) is 44.6 Å². The Labute approximate surface area is 145 Å². The number of carbonyl (C=O) groups excluding carboxylic acids is 1. The van der Waals surface area contributed by atoms with E-state index in [0.717, 1.165) is 30.8 Å². The molecule has 1 aromatic rings. The van der Waals surface area contributed by atoms with Gasteiger partial charge in [-0.15, -0.1) is 0 Å². The average Bonchev–Trinajstić information content (AvgIpc) is 3.03. The lowest BCUT2D eigenvalue weighted by Gasteiger charge is -2.24. The lowest BCUT2D eigenvalue weighted by atomic mass is 10.0. The average molecular weight is 334 g/mol. The molecule has 0 N–H and O–H groups in total. The molecule has 3 atom stereocenters. The molecule has 1 aliphatic heterocycles. The fourth-order valence-electron chi connectivity index (χ4n) is 3.33. The molecule has 5 heteroatoms. The summed E-state index contributed by atoms with van der Waals surface area (Å²) in [5, 5.41) is 0. The van der Waals surface area contributed by atoms with E-state index in [1.54, 1.807) is 7.11 Å². The van der Waals surface area contributed by atoms with Crippen molar-refractivity contribution in [2.75, 3.05) is 34.3 Å². The van der Waals surface area contributed by atoms with Crippen LogP contribution in [0.2, 0.25) is 0 Å². The number of likely N-dealkylation sites (N-methyl/N-ethyl adjacent to an activating group) is 1. The summed E-state index contributed by atoms with van der Waals surface area (Å²) in [6.45, 7) is 6.05. The summed E-state index contributed by atoms with van der Waals surface area (Å²) in [6, 6.07) is 8.17. The molecule has 5 nitrogen and oxygen atoms in total. The minimum Gasteiger partial charge on any atom is -0.497 e. The van der Waals surface area contributed by atoms with Crippen LogP contribution in [0.5, 0.6) is 5.75 Å². The predicted octanol–water partition coefficient (Wildman–Crippen LogP) is 2.40. The Morgan fingerprint density at radius 3 is 2.71 bits per heavy atom. The zero-order chi connectivity index (χ0) is 17.7. The first kappa shape index (κ1) is 18.7. The van der Waals surface area contributed by atoms with E-state index in [0.29, 0.717) is 18.6 Å². The number of likely N-dealkylation sites (tertiary alicyclic amines) is 1. The van der Waals surface area contributed by atoms with Gasteiger partial charge in [-0.25, -0.2) is 0 Å². The normalized spacial score (nSPS) is 22.0. The topological polar surface area (TPSA) is 42.0 Å². The molecule has 0 aliphatic carbocycles. The molecule has 1 amide bonds. The van der Waals surface area contributed by atoms with Crippen LogP contribution in [-0.4, -0.2) is 62.1 Å². The van der Waals surface area contributed by atoms with Crippen molar-refractivity contribution >= 4 is 5.91 Å². The summed E-state index contributed by atoms with van der Waals surface area (Å²) >= 11 is 0. The second-order valence-corrected chi connectivity index (χ2v) is 6.75. The SMILES string of the molecule is CC[C@@H]1CN(C(=O)[C@@H](C)OCc2cccc(OC)c2)C[C@@H]1N(C)C. The summed E-state index contributed by atoms with van der Waals surface area (Å²) in [5.41, 5.74) is 1.01. The van der Waals surface area contributed by atoms with Crippen molar-refractivity contribution in [3.63, 3.8) is 0 Å². The molecule has 0 unspecified atom stereocenters. The Morgan fingerprint density at radius 2 is 2.12 bits per heavy atom.